The second kappa shape index (κ2) is 7.25. The molecule has 1 fully saturated rings. The first kappa shape index (κ1) is 13.9. The standard InChI is InChI=1S/C13H27NO2/c1-5-15-13(16-6-2)10-14-9-7-8-11(3)12(14)4/h11-13H,5-10H2,1-4H3. The fourth-order valence-corrected chi connectivity index (χ4v) is 2.40. The first-order chi connectivity index (χ1) is 7.69. The second-order valence-corrected chi connectivity index (χ2v) is 4.70. The number of hydrogen-bond acceptors (Lipinski definition) is 3. The maximum Gasteiger partial charge on any atom is 0.170 e. The molecule has 3 heteroatoms. The summed E-state index contributed by atoms with van der Waals surface area (Å²) in [6.07, 6.45) is 2.60. The fourth-order valence-electron chi connectivity index (χ4n) is 2.40. The number of piperidine rings is 1. The zero-order chi connectivity index (χ0) is 12.0. The molecule has 1 aliphatic heterocycles. The van der Waals surface area contributed by atoms with Gasteiger partial charge in [0.1, 0.15) is 0 Å². The molecule has 0 aliphatic carbocycles. The molecule has 0 radical (unpaired) electrons. The second-order valence-electron chi connectivity index (χ2n) is 4.70. The van der Waals surface area contributed by atoms with Crippen LogP contribution < -0.4 is 0 Å². The fraction of sp³-hybridized carbons (Fsp3) is 1.00. The summed E-state index contributed by atoms with van der Waals surface area (Å²) >= 11 is 0. The predicted octanol–water partition coefficient (Wildman–Crippen LogP) is 2.51. The Kier molecular flexibility index (Phi) is 6.32. The van der Waals surface area contributed by atoms with E-state index in [2.05, 4.69) is 18.7 Å². The van der Waals surface area contributed by atoms with E-state index in [0.717, 1.165) is 25.7 Å². The van der Waals surface area contributed by atoms with Gasteiger partial charge in [0.2, 0.25) is 0 Å². The van der Waals surface area contributed by atoms with Crippen molar-refractivity contribution < 1.29 is 9.47 Å². The summed E-state index contributed by atoms with van der Waals surface area (Å²) < 4.78 is 11.2. The molecule has 1 rings (SSSR count). The number of nitrogens with zero attached hydrogens (tertiary/aromatic N) is 1. The van der Waals surface area contributed by atoms with Crippen LogP contribution in [-0.2, 0) is 9.47 Å². The highest BCUT2D eigenvalue weighted by Gasteiger charge is 2.26. The van der Waals surface area contributed by atoms with Crippen LogP contribution in [0.25, 0.3) is 0 Å². The van der Waals surface area contributed by atoms with Gasteiger partial charge in [0, 0.05) is 25.8 Å². The third-order valence-corrected chi connectivity index (χ3v) is 3.59. The molecule has 3 nitrogen and oxygen atoms in total. The van der Waals surface area contributed by atoms with Crippen LogP contribution in [0.5, 0.6) is 0 Å². The lowest BCUT2D eigenvalue weighted by Gasteiger charge is -2.39. The van der Waals surface area contributed by atoms with Gasteiger partial charge in [0.05, 0.1) is 0 Å². The van der Waals surface area contributed by atoms with Crippen LogP contribution in [0.3, 0.4) is 0 Å². The van der Waals surface area contributed by atoms with Crippen LogP contribution in [0.15, 0.2) is 0 Å². The summed E-state index contributed by atoms with van der Waals surface area (Å²) in [7, 11) is 0. The summed E-state index contributed by atoms with van der Waals surface area (Å²) in [6.45, 7) is 12.2. The molecule has 0 aromatic carbocycles. The van der Waals surface area contributed by atoms with E-state index in [4.69, 9.17) is 9.47 Å². The van der Waals surface area contributed by atoms with E-state index in [1.165, 1.54) is 19.4 Å². The summed E-state index contributed by atoms with van der Waals surface area (Å²) in [5, 5.41) is 0. The molecule has 1 saturated heterocycles. The van der Waals surface area contributed by atoms with Gasteiger partial charge < -0.3 is 9.47 Å². The molecule has 0 aromatic rings. The Morgan fingerprint density at radius 1 is 1.19 bits per heavy atom. The largest absolute Gasteiger partial charge is 0.352 e. The Morgan fingerprint density at radius 2 is 1.81 bits per heavy atom. The average Bonchev–Trinajstić information content (AvgIpc) is 2.25. The Balaban J connectivity index is 2.42. The quantitative estimate of drug-likeness (QED) is 0.653. The lowest BCUT2D eigenvalue weighted by atomic mass is 9.92. The smallest absolute Gasteiger partial charge is 0.170 e. The van der Waals surface area contributed by atoms with Gasteiger partial charge in [-0.3, -0.25) is 4.90 Å². The van der Waals surface area contributed by atoms with E-state index < -0.39 is 0 Å². The van der Waals surface area contributed by atoms with E-state index in [1.807, 2.05) is 13.8 Å². The number of ether oxygens (including phenoxy) is 2. The van der Waals surface area contributed by atoms with Gasteiger partial charge in [-0.1, -0.05) is 6.92 Å². The predicted molar refractivity (Wildman–Crippen MR) is 66.5 cm³/mol. The van der Waals surface area contributed by atoms with E-state index in [9.17, 15) is 0 Å². The Hall–Kier alpha value is -0.120. The van der Waals surface area contributed by atoms with E-state index >= 15 is 0 Å². The SMILES string of the molecule is CCOC(CN1CCCC(C)C1C)OCC. The molecular weight excluding hydrogens is 202 g/mol. The van der Waals surface area contributed by atoms with Crippen LogP contribution in [0.2, 0.25) is 0 Å². The van der Waals surface area contributed by atoms with Crippen LogP contribution in [0.1, 0.15) is 40.5 Å². The maximum atomic E-state index is 5.60. The van der Waals surface area contributed by atoms with Crippen LogP contribution in [0.4, 0.5) is 0 Å². The van der Waals surface area contributed by atoms with Crippen molar-refractivity contribution in [2.75, 3.05) is 26.3 Å². The molecule has 1 aliphatic rings. The minimum absolute atomic E-state index is 0.0530. The van der Waals surface area contributed by atoms with Gasteiger partial charge in [-0.15, -0.1) is 0 Å². The minimum Gasteiger partial charge on any atom is -0.352 e. The molecule has 0 spiro atoms. The van der Waals surface area contributed by atoms with Crippen LogP contribution in [0, 0.1) is 5.92 Å². The van der Waals surface area contributed by atoms with Gasteiger partial charge in [-0.2, -0.15) is 0 Å². The van der Waals surface area contributed by atoms with Crippen molar-refractivity contribution in [3.05, 3.63) is 0 Å². The van der Waals surface area contributed by atoms with Crippen molar-refractivity contribution in [3.8, 4) is 0 Å². The van der Waals surface area contributed by atoms with Crippen molar-refractivity contribution in [2.24, 2.45) is 5.92 Å². The summed E-state index contributed by atoms with van der Waals surface area (Å²) in [5.74, 6) is 0.789. The highest BCUT2D eigenvalue weighted by molar-refractivity contribution is 4.79. The number of rotatable bonds is 6. The molecule has 0 saturated carbocycles. The molecule has 1 heterocycles. The van der Waals surface area contributed by atoms with E-state index in [0.29, 0.717) is 6.04 Å². The number of hydrogen-bond donors (Lipinski definition) is 0. The molecule has 0 bridgehead atoms. The van der Waals surface area contributed by atoms with Gasteiger partial charge in [-0.25, -0.2) is 0 Å². The molecule has 2 unspecified atom stereocenters. The van der Waals surface area contributed by atoms with Crippen LogP contribution in [-0.4, -0.2) is 43.5 Å². The van der Waals surface area contributed by atoms with Gasteiger partial charge in [0.15, 0.2) is 6.29 Å². The first-order valence-electron chi connectivity index (χ1n) is 6.66. The Bertz CT molecular complexity index is 181. The maximum absolute atomic E-state index is 5.60. The topological polar surface area (TPSA) is 21.7 Å². The van der Waals surface area contributed by atoms with Crippen molar-refractivity contribution >= 4 is 0 Å². The van der Waals surface area contributed by atoms with Crippen molar-refractivity contribution in [3.63, 3.8) is 0 Å². The summed E-state index contributed by atoms with van der Waals surface area (Å²) in [5.41, 5.74) is 0. The first-order valence-corrected chi connectivity index (χ1v) is 6.66. The van der Waals surface area contributed by atoms with Gasteiger partial charge >= 0.3 is 0 Å². The lowest BCUT2D eigenvalue weighted by molar-refractivity contribution is -0.153. The molecule has 16 heavy (non-hydrogen) atoms. The summed E-state index contributed by atoms with van der Waals surface area (Å²) in [6, 6.07) is 0.650. The highest BCUT2D eigenvalue weighted by atomic mass is 16.7. The Morgan fingerprint density at radius 3 is 2.38 bits per heavy atom. The molecule has 0 amide bonds. The summed E-state index contributed by atoms with van der Waals surface area (Å²) in [4.78, 5) is 2.50. The normalized spacial score (nSPS) is 27.6. The molecule has 96 valence electrons. The third-order valence-electron chi connectivity index (χ3n) is 3.59. The van der Waals surface area contributed by atoms with Crippen molar-refractivity contribution in [1.29, 1.82) is 0 Å². The Labute approximate surface area is 100 Å². The van der Waals surface area contributed by atoms with Crippen molar-refractivity contribution in [2.45, 2.75) is 52.9 Å². The van der Waals surface area contributed by atoms with Gasteiger partial charge in [0.25, 0.3) is 0 Å². The zero-order valence-electron chi connectivity index (χ0n) is 11.2. The monoisotopic (exact) mass is 229 g/mol. The number of likely N-dealkylation sites (tertiary alicyclic amines) is 1. The molecule has 2 atom stereocenters. The molecular formula is C13H27NO2. The van der Waals surface area contributed by atoms with Crippen LogP contribution >= 0.6 is 0 Å². The molecule has 0 N–H and O–H groups in total. The minimum atomic E-state index is -0.0530. The zero-order valence-corrected chi connectivity index (χ0v) is 11.2. The van der Waals surface area contributed by atoms with Crippen molar-refractivity contribution in [1.82, 2.24) is 4.90 Å². The van der Waals surface area contributed by atoms with Gasteiger partial charge in [-0.05, 0) is 46.1 Å². The average molecular weight is 229 g/mol. The van der Waals surface area contributed by atoms with E-state index in [1.54, 1.807) is 0 Å². The lowest BCUT2D eigenvalue weighted by Crippen LogP contribution is -2.47. The van der Waals surface area contributed by atoms with E-state index in [-0.39, 0.29) is 6.29 Å². The third kappa shape index (κ3) is 4.04. The highest BCUT2D eigenvalue weighted by Crippen LogP contribution is 2.23. The molecule has 0 aromatic heterocycles.